The number of pyridine rings is 1. The lowest BCUT2D eigenvalue weighted by atomic mass is 10.1. The number of nitrogens with zero attached hydrogens (tertiary/aromatic N) is 4. The molecule has 0 aliphatic carbocycles. The van der Waals surface area contributed by atoms with Gasteiger partial charge in [-0.15, -0.1) is 0 Å². The van der Waals surface area contributed by atoms with E-state index in [0.29, 0.717) is 34.7 Å². The van der Waals surface area contributed by atoms with Gasteiger partial charge in [0, 0.05) is 38.9 Å². The van der Waals surface area contributed by atoms with Crippen LogP contribution in [0.5, 0.6) is 0 Å². The Morgan fingerprint density at radius 2 is 1.97 bits per heavy atom. The van der Waals surface area contributed by atoms with Crippen molar-refractivity contribution in [3.63, 3.8) is 0 Å². The maximum atomic E-state index is 13.1. The van der Waals surface area contributed by atoms with Gasteiger partial charge in [0.2, 0.25) is 0 Å². The minimum Gasteiger partial charge on any atom is -0.463 e. The second-order valence-corrected chi connectivity index (χ2v) is 7.30. The largest absolute Gasteiger partial charge is 0.463 e. The van der Waals surface area contributed by atoms with E-state index in [1.807, 2.05) is 19.1 Å². The summed E-state index contributed by atoms with van der Waals surface area (Å²) in [4.78, 5) is 42.5. The van der Waals surface area contributed by atoms with Crippen molar-refractivity contribution in [3.05, 3.63) is 74.9 Å². The molecule has 0 bridgehead atoms. The van der Waals surface area contributed by atoms with E-state index in [-0.39, 0.29) is 12.5 Å². The SMILES string of the molecule is CCCn1c(C(=O)NCc2cccnc2-c2ccco2)cc2c(=O)n(C)c(=O)n(C)c21. The molecule has 0 fully saturated rings. The van der Waals surface area contributed by atoms with Crippen LogP contribution < -0.4 is 16.6 Å². The van der Waals surface area contributed by atoms with Crippen LogP contribution in [0.3, 0.4) is 0 Å². The lowest BCUT2D eigenvalue weighted by Gasteiger charge is -2.13. The molecule has 4 aromatic heterocycles. The van der Waals surface area contributed by atoms with E-state index in [2.05, 4.69) is 10.3 Å². The molecule has 0 unspecified atom stereocenters. The third-order valence-electron chi connectivity index (χ3n) is 5.26. The maximum absolute atomic E-state index is 13.1. The van der Waals surface area contributed by atoms with Crippen LogP contribution in [-0.4, -0.2) is 24.6 Å². The molecule has 4 rings (SSSR count). The first kappa shape index (κ1) is 20.4. The number of amides is 1. The number of fused-ring (bicyclic) bond motifs is 1. The van der Waals surface area contributed by atoms with Crippen LogP contribution in [0.1, 0.15) is 29.4 Å². The van der Waals surface area contributed by atoms with Crippen molar-refractivity contribution in [1.82, 2.24) is 24.0 Å². The number of hydrogen-bond donors (Lipinski definition) is 1. The van der Waals surface area contributed by atoms with Crippen LogP contribution in [0.25, 0.3) is 22.5 Å². The zero-order chi connectivity index (χ0) is 22.1. The van der Waals surface area contributed by atoms with Crippen molar-refractivity contribution >= 4 is 16.9 Å². The summed E-state index contributed by atoms with van der Waals surface area (Å²) in [7, 11) is 3.03. The minimum absolute atomic E-state index is 0.229. The van der Waals surface area contributed by atoms with Crippen LogP contribution in [0.2, 0.25) is 0 Å². The summed E-state index contributed by atoms with van der Waals surface area (Å²) >= 11 is 0. The van der Waals surface area contributed by atoms with E-state index in [9.17, 15) is 14.4 Å². The first-order valence-electron chi connectivity index (χ1n) is 9.99. The average molecular weight is 421 g/mol. The number of hydrogen-bond acceptors (Lipinski definition) is 5. The molecule has 0 aliphatic heterocycles. The first-order valence-corrected chi connectivity index (χ1v) is 9.99. The van der Waals surface area contributed by atoms with Crippen molar-refractivity contribution in [2.45, 2.75) is 26.4 Å². The zero-order valence-electron chi connectivity index (χ0n) is 17.6. The molecule has 0 radical (unpaired) electrons. The van der Waals surface area contributed by atoms with E-state index in [0.717, 1.165) is 16.6 Å². The van der Waals surface area contributed by atoms with Gasteiger partial charge in [0.15, 0.2) is 5.76 Å². The fourth-order valence-corrected chi connectivity index (χ4v) is 3.76. The molecule has 4 aromatic rings. The van der Waals surface area contributed by atoms with E-state index < -0.39 is 11.2 Å². The smallest absolute Gasteiger partial charge is 0.332 e. The quantitative estimate of drug-likeness (QED) is 0.513. The van der Waals surface area contributed by atoms with Gasteiger partial charge in [0.05, 0.1) is 11.6 Å². The van der Waals surface area contributed by atoms with Crippen LogP contribution in [0.4, 0.5) is 0 Å². The van der Waals surface area contributed by atoms with Gasteiger partial charge >= 0.3 is 5.69 Å². The fraction of sp³-hybridized carbons (Fsp3) is 0.273. The van der Waals surface area contributed by atoms with Crippen LogP contribution in [-0.2, 0) is 27.2 Å². The molecule has 0 aliphatic rings. The Bertz CT molecular complexity index is 1380. The Kier molecular flexibility index (Phi) is 5.33. The Balaban J connectivity index is 1.72. The van der Waals surface area contributed by atoms with Crippen LogP contribution >= 0.6 is 0 Å². The second-order valence-electron chi connectivity index (χ2n) is 7.30. The number of carbonyl (C=O) groups excluding carboxylic acids is 1. The molecule has 160 valence electrons. The predicted molar refractivity (Wildman–Crippen MR) is 116 cm³/mol. The molecule has 0 atom stereocenters. The second kappa shape index (κ2) is 8.10. The molecule has 31 heavy (non-hydrogen) atoms. The maximum Gasteiger partial charge on any atom is 0.332 e. The van der Waals surface area contributed by atoms with Crippen molar-refractivity contribution in [2.75, 3.05) is 0 Å². The van der Waals surface area contributed by atoms with Gasteiger partial charge in [-0.25, -0.2) is 4.79 Å². The van der Waals surface area contributed by atoms with Crippen LogP contribution in [0.15, 0.2) is 56.8 Å². The molecule has 0 spiro atoms. The number of nitrogens with one attached hydrogen (secondary N) is 1. The van der Waals surface area contributed by atoms with Gasteiger partial charge in [0.1, 0.15) is 17.0 Å². The molecular weight excluding hydrogens is 398 g/mol. The summed E-state index contributed by atoms with van der Waals surface area (Å²) < 4.78 is 9.62. The highest BCUT2D eigenvalue weighted by Gasteiger charge is 2.21. The third kappa shape index (κ3) is 3.48. The van der Waals surface area contributed by atoms with Gasteiger partial charge < -0.3 is 14.3 Å². The number of rotatable bonds is 6. The summed E-state index contributed by atoms with van der Waals surface area (Å²) in [6.07, 6.45) is 3.97. The summed E-state index contributed by atoms with van der Waals surface area (Å²) in [5, 5.41) is 3.24. The van der Waals surface area contributed by atoms with Gasteiger partial charge in [-0.1, -0.05) is 13.0 Å². The van der Waals surface area contributed by atoms with Crippen molar-refractivity contribution in [1.29, 1.82) is 0 Å². The van der Waals surface area contributed by atoms with Crippen molar-refractivity contribution < 1.29 is 9.21 Å². The summed E-state index contributed by atoms with van der Waals surface area (Å²) in [6, 6.07) is 8.80. The lowest BCUT2D eigenvalue weighted by molar-refractivity contribution is 0.0942. The van der Waals surface area contributed by atoms with E-state index >= 15 is 0 Å². The Labute approximate surface area is 177 Å². The highest BCUT2D eigenvalue weighted by molar-refractivity contribution is 5.97. The van der Waals surface area contributed by atoms with Gasteiger partial charge in [-0.3, -0.25) is 23.7 Å². The molecule has 0 saturated carbocycles. The Hall–Kier alpha value is -3.88. The molecule has 4 heterocycles. The third-order valence-corrected chi connectivity index (χ3v) is 5.26. The summed E-state index contributed by atoms with van der Waals surface area (Å²) in [5.74, 6) is 0.275. The predicted octanol–water partition coefficient (Wildman–Crippen LogP) is 2.03. The summed E-state index contributed by atoms with van der Waals surface area (Å²) in [5.41, 5.74) is 1.37. The van der Waals surface area contributed by atoms with Crippen molar-refractivity contribution in [2.24, 2.45) is 14.1 Å². The van der Waals surface area contributed by atoms with E-state index in [1.54, 1.807) is 42.3 Å². The Morgan fingerprint density at radius 1 is 1.16 bits per heavy atom. The minimum atomic E-state index is -0.432. The number of aryl methyl sites for hydroxylation is 2. The molecule has 1 amide bonds. The topological polar surface area (TPSA) is 104 Å². The first-order chi connectivity index (χ1) is 14.9. The number of carbonyl (C=O) groups is 1. The lowest BCUT2D eigenvalue weighted by Crippen LogP contribution is -2.37. The van der Waals surface area contributed by atoms with Gasteiger partial charge in [-0.2, -0.15) is 0 Å². The van der Waals surface area contributed by atoms with E-state index in [1.165, 1.54) is 11.6 Å². The van der Waals surface area contributed by atoms with Crippen molar-refractivity contribution in [3.8, 4) is 11.5 Å². The standard InChI is InChI=1S/C22H23N5O4/c1-4-10-27-16(12-15-20(27)25(2)22(30)26(3)21(15)29)19(28)24-13-14-7-5-9-23-18(14)17-8-6-11-31-17/h5-9,11-12H,4,10,13H2,1-3H3,(H,24,28). The average Bonchev–Trinajstić information content (AvgIpc) is 3.44. The summed E-state index contributed by atoms with van der Waals surface area (Å²) in [6.45, 7) is 2.70. The molecule has 0 aromatic carbocycles. The molecule has 1 N–H and O–H groups in total. The van der Waals surface area contributed by atoms with Gasteiger partial charge in [0.25, 0.3) is 11.5 Å². The van der Waals surface area contributed by atoms with Crippen LogP contribution in [0, 0.1) is 0 Å². The number of furan rings is 1. The molecular formula is C22H23N5O4. The molecule has 9 heteroatoms. The highest BCUT2D eigenvalue weighted by atomic mass is 16.3. The van der Waals surface area contributed by atoms with E-state index in [4.69, 9.17) is 4.42 Å². The molecule has 9 nitrogen and oxygen atoms in total. The zero-order valence-corrected chi connectivity index (χ0v) is 17.6. The monoisotopic (exact) mass is 421 g/mol. The normalized spacial score (nSPS) is 11.2. The fourth-order valence-electron chi connectivity index (χ4n) is 3.76. The molecule has 0 saturated heterocycles. The number of aromatic nitrogens is 4. The highest BCUT2D eigenvalue weighted by Crippen LogP contribution is 2.22. The Morgan fingerprint density at radius 3 is 2.68 bits per heavy atom. The van der Waals surface area contributed by atoms with Gasteiger partial charge in [-0.05, 0) is 30.7 Å².